The SMILES string of the molecule is CCC(C)C(NC(=O)C(N)CCC(=O)O)C(=O)NC(C(=O)NC(CC(C)C)C(=O)O)C(C)C. The molecule has 0 radical (unpaired) electrons. The van der Waals surface area contributed by atoms with Crippen LogP contribution in [0.2, 0.25) is 0 Å². The van der Waals surface area contributed by atoms with E-state index in [2.05, 4.69) is 16.0 Å². The molecule has 3 amide bonds. The van der Waals surface area contributed by atoms with E-state index in [0.717, 1.165) is 0 Å². The lowest BCUT2D eigenvalue weighted by atomic mass is 9.95. The summed E-state index contributed by atoms with van der Waals surface area (Å²) in [5.41, 5.74) is 5.75. The van der Waals surface area contributed by atoms with E-state index in [-0.39, 0.29) is 37.0 Å². The largest absolute Gasteiger partial charge is 0.481 e. The Kier molecular flexibility index (Phi) is 13.3. The minimum absolute atomic E-state index is 0.0359. The summed E-state index contributed by atoms with van der Waals surface area (Å²) in [4.78, 5) is 60.5. The highest BCUT2D eigenvalue weighted by Gasteiger charge is 2.33. The molecule has 190 valence electrons. The van der Waals surface area contributed by atoms with Crippen molar-refractivity contribution in [3.63, 3.8) is 0 Å². The molecule has 0 bridgehead atoms. The molecule has 0 spiro atoms. The van der Waals surface area contributed by atoms with Crippen LogP contribution in [0.15, 0.2) is 0 Å². The monoisotopic (exact) mass is 472 g/mol. The van der Waals surface area contributed by atoms with Crippen LogP contribution in [0.25, 0.3) is 0 Å². The lowest BCUT2D eigenvalue weighted by Gasteiger charge is -2.29. The molecule has 5 unspecified atom stereocenters. The van der Waals surface area contributed by atoms with Gasteiger partial charge in [0.15, 0.2) is 0 Å². The van der Waals surface area contributed by atoms with Crippen molar-refractivity contribution in [2.24, 2.45) is 23.5 Å². The number of amides is 3. The molecule has 0 rings (SSSR count). The molecule has 0 aromatic rings. The maximum atomic E-state index is 13.0. The van der Waals surface area contributed by atoms with Crippen LogP contribution in [0.4, 0.5) is 0 Å². The van der Waals surface area contributed by atoms with Gasteiger partial charge in [-0.05, 0) is 30.6 Å². The van der Waals surface area contributed by atoms with E-state index in [1.54, 1.807) is 20.8 Å². The van der Waals surface area contributed by atoms with Crippen molar-refractivity contribution >= 4 is 29.7 Å². The molecule has 0 aliphatic carbocycles. The van der Waals surface area contributed by atoms with Gasteiger partial charge in [-0.15, -0.1) is 0 Å². The molecule has 0 saturated heterocycles. The fourth-order valence-corrected chi connectivity index (χ4v) is 3.10. The first-order valence-corrected chi connectivity index (χ1v) is 11.3. The number of rotatable bonds is 15. The van der Waals surface area contributed by atoms with Crippen LogP contribution >= 0.6 is 0 Å². The van der Waals surface area contributed by atoms with Gasteiger partial charge in [-0.1, -0.05) is 48.0 Å². The molecule has 0 fully saturated rings. The van der Waals surface area contributed by atoms with Gasteiger partial charge in [0.25, 0.3) is 0 Å². The third-order valence-electron chi connectivity index (χ3n) is 5.37. The molecular formula is C22H40N4O7. The summed E-state index contributed by atoms with van der Waals surface area (Å²) in [5, 5.41) is 25.8. The van der Waals surface area contributed by atoms with E-state index < -0.39 is 53.8 Å². The minimum Gasteiger partial charge on any atom is -0.481 e. The zero-order valence-corrected chi connectivity index (χ0v) is 20.4. The summed E-state index contributed by atoms with van der Waals surface area (Å²) < 4.78 is 0. The van der Waals surface area contributed by atoms with Crippen molar-refractivity contribution in [2.45, 2.75) is 91.4 Å². The Balaban J connectivity index is 5.45. The molecule has 7 N–H and O–H groups in total. The molecular weight excluding hydrogens is 432 g/mol. The highest BCUT2D eigenvalue weighted by atomic mass is 16.4. The zero-order chi connectivity index (χ0) is 25.9. The fraction of sp³-hybridized carbons (Fsp3) is 0.773. The van der Waals surface area contributed by atoms with E-state index in [1.165, 1.54) is 0 Å². The predicted octanol–water partition coefficient (Wildman–Crippen LogP) is 0.466. The third-order valence-corrected chi connectivity index (χ3v) is 5.37. The summed E-state index contributed by atoms with van der Waals surface area (Å²) in [7, 11) is 0. The second kappa shape index (κ2) is 14.5. The van der Waals surface area contributed by atoms with Crippen LogP contribution in [-0.4, -0.2) is 64.0 Å². The van der Waals surface area contributed by atoms with Gasteiger partial charge in [-0.25, -0.2) is 4.79 Å². The van der Waals surface area contributed by atoms with Crippen molar-refractivity contribution in [2.75, 3.05) is 0 Å². The lowest BCUT2D eigenvalue weighted by molar-refractivity contribution is -0.143. The first kappa shape index (κ1) is 30.3. The molecule has 0 aromatic carbocycles. The number of carboxylic acids is 2. The van der Waals surface area contributed by atoms with Gasteiger partial charge in [0, 0.05) is 6.42 Å². The number of carbonyl (C=O) groups is 5. The van der Waals surface area contributed by atoms with E-state index >= 15 is 0 Å². The Hall–Kier alpha value is -2.69. The summed E-state index contributed by atoms with van der Waals surface area (Å²) in [6, 6.07) is -4.21. The number of aliphatic carboxylic acids is 2. The number of hydrogen-bond donors (Lipinski definition) is 6. The van der Waals surface area contributed by atoms with Crippen molar-refractivity contribution in [1.82, 2.24) is 16.0 Å². The topological polar surface area (TPSA) is 188 Å². The maximum Gasteiger partial charge on any atom is 0.326 e. The Morgan fingerprint density at radius 1 is 0.818 bits per heavy atom. The highest BCUT2D eigenvalue weighted by Crippen LogP contribution is 2.12. The zero-order valence-electron chi connectivity index (χ0n) is 20.4. The lowest BCUT2D eigenvalue weighted by Crippen LogP contribution is -2.59. The van der Waals surface area contributed by atoms with E-state index in [0.29, 0.717) is 6.42 Å². The standard InChI is InChI=1S/C22H40N4O7/c1-7-13(6)18(26-19(29)14(23)8-9-16(27)28)21(31)25-17(12(4)5)20(30)24-15(22(32)33)10-11(2)3/h11-15,17-18H,7-10,23H2,1-6H3,(H,24,30)(H,25,31)(H,26,29)(H,27,28)(H,32,33). The smallest absolute Gasteiger partial charge is 0.326 e. The highest BCUT2D eigenvalue weighted by molar-refractivity contribution is 5.94. The number of nitrogens with two attached hydrogens (primary N) is 1. The van der Waals surface area contributed by atoms with Crippen LogP contribution in [0.3, 0.4) is 0 Å². The van der Waals surface area contributed by atoms with Crippen LogP contribution in [0.5, 0.6) is 0 Å². The maximum absolute atomic E-state index is 13.0. The van der Waals surface area contributed by atoms with Crippen LogP contribution < -0.4 is 21.7 Å². The first-order valence-electron chi connectivity index (χ1n) is 11.3. The van der Waals surface area contributed by atoms with Crippen molar-refractivity contribution in [1.29, 1.82) is 0 Å². The average Bonchev–Trinajstić information content (AvgIpc) is 2.71. The summed E-state index contributed by atoms with van der Waals surface area (Å²) in [6.45, 7) is 10.7. The Morgan fingerprint density at radius 2 is 1.33 bits per heavy atom. The van der Waals surface area contributed by atoms with Gasteiger partial charge in [0.1, 0.15) is 18.1 Å². The fourth-order valence-electron chi connectivity index (χ4n) is 3.10. The van der Waals surface area contributed by atoms with E-state index in [4.69, 9.17) is 10.8 Å². The Morgan fingerprint density at radius 3 is 1.76 bits per heavy atom. The van der Waals surface area contributed by atoms with Crippen LogP contribution in [0.1, 0.15) is 67.2 Å². The molecule has 0 heterocycles. The summed E-state index contributed by atoms with van der Waals surface area (Å²) >= 11 is 0. The second-order valence-electron chi connectivity index (χ2n) is 9.17. The Bertz CT molecular complexity index is 696. The number of nitrogens with one attached hydrogen (secondary N) is 3. The van der Waals surface area contributed by atoms with Gasteiger partial charge in [-0.3, -0.25) is 19.2 Å². The first-order chi connectivity index (χ1) is 15.2. The number of hydrogen-bond acceptors (Lipinski definition) is 6. The van der Waals surface area contributed by atoms with Crippen molar-refractivity contribution in [3.05, 3.63) is 0 Å². The van der Waals surface area contributed by atoms with Crippen molar-refractivity contribution < 1.29 is 34.2 Å². The summed E-state index contributed by atoms with van der Waals surface area (Å²) in [5.74, 6) is -4.76. The molecule has 0 saturated carbocycles. The molecule has 0 aliphatic heterocycles. The molecule has 33 heavy (non-hydrogen) atoms. The second-order valence-corrected chi connectivity index (χ2v) is 9.17. The molecule has 11 nitrogen and oxygen atoms in total. The minimum atomic E-state index is -1.16. The number of carboxylic acid groups (broad SMARTS) is 2. The van der Waals surface area contributed by atoms with E-state index in [1.807, 2.05) is 20.8 Å². The molecule has 5 atom stereocenters. The van der Waals surface area contributed by atoms with E-state index in [9.17, 15) is 29.1 Å². The Labute approximate surface area is 195 Å². The molecule has 0 aromatic heterocycles. The molecule has 11 heteroatoms. The van der Waals surface area contributed by atoms with Gasteiger partial charge in [-0.2, -0.15) is 0 Å². The summed E-state index contributed by atoms with van der Waals surface area (Å²) in [6.07, 6.45) is 0.404. The average molecular weight is 473 g/mol. The van der Waals surface area contributed by atoms with Crippen LogP contribution in [0, 0.1) is 17.8 Å². The quantitative estimate of drug-likeness (QED) is 0.198. The van der Waals surface area contributed by atoms with Gasteiger partial charge in [0.05, 0.1) is 6.04 Å². The van der Waals surface area contributed by atoms with Gasteiger partial charge in [0.2, 0.25) is 17.7 Å². The van der Waals surface area contributed by atoms with Gasteiger partial charge >= 0.3 is 11.9 Å². The van der Waals surface area contributed by atoms with Crippen molar-refractivity contribution in [3.8, 4) is 0 Å². The normalized spacial score (nSPS) is 15.8. The molecule has 0 aliphatic rings. The van der Waals surface area contributed by atoms with Gasteiger partial charge < -0.3 is 31.9 Å². The van der Waals surface area contributed by atoms with Crippen LogP contribution in [-0.2, 0) is 24.0 Å². The number of carbonyl (C=O) groups excluding carboxylic acids is 3. The third kappa shape index (κ3) is 11.1. The predicted molar refractivity (Wildman–Crippen MR) is 122 cm³/mol.